The Morgan fingerprint density at radius 3 is 2.18 bits per heavy atom. The van der Waals surface area contributed by atoms with Crippen molar-refractivity contribution < 1.29 is 26.9 Å². The highest BCUT2D eigenvalue weighted by atomic mass is 35.5. The Balaban J connectivity index is 1.73. The van der Waals surface area contributed by atoms with E-state index >= 15 is 0 Å². The lowest BCUT2D eigenvalue weighted by Crippen LogP contribution is -2.17. The van der Waals surface area contributed by atoms with Crippen LogP contribution in [0.4, 0.5) is 0 Å². The average Bonchev–Trinajstić information content (AvgIpc) is 2.81. The summed E-state index contributed by atoms with van der Waals surface area (Å²) in [5.74, 6) is 0.180. The first-order valence-corrected chi connectivity index (χ1v) is 11.5. The summed E-state index contributed by atoms with van der Waals surface area (Å²) >= 11 is 12.4. The minimum Gasteiger partial charge on any atom is -0.493 e. The number of hydrogen-bond acceptors (Lipinski definition) is 7. The normalized spacial score (nSPS) is 11.3. The van der Waals surface area contributed by atoms with Crippen LogP contribution < -0.4 is 19.1 Å². The molecule has 1 N–H and O–H groups in total. The maximum atomic E-state index is 12.4. The van der Waals surface area contributed by atoms with E-state index < -0.39 is 16.0 Å². The van der Waals surface area contributed by atoms with Crippen molar-refractivity contribution in [3.05, 3.63) is 81.8 Å². The van der Waals surface area contributed by atoms with E-state index in [1.807, 2.05) is 0 Å². The molecule has 0 saturated heterocycles. The molecule has 0 radical (unpaired) electrons. The van der Waals surface area contributed by atoms with E-state index in [9.17, 15) is 13.2 Å². The minimum absolute atomic E-state index is 0.0411. The molecular formula is C22H18Cl2N2O6S. The number of amides is 1. The summed E-state index contributed by atoms with van der Waals surface area (Å²) in [6.07, 6.45) is 1.30. The van der Waals surface area contributed by atoms with Crippen LogP contribution in [0.3, 0.4) is 0 Å². The van der Waals surface area contributed by atoms with E-state index in [0.29, 0.717) is 22.6 Å². The number of ether oxygens (including phenoxy) is 2. The van der Waals surface area contributed by atoms with Gasteiger partial charge in [-0.3, -0.25) is 4.79 Å². The molecule has 0 fully saturated rings. The maximum absolute atomic E-state index is 12.4. The third-order valence-electron chi connectivity index (χ3n) is 4.27. The number of nitrogens with one attached hydrogen (secondary N) is 1. The molecule has 3 aromatic carbocycles. The first-order valence-electron chi connectivity index (χ1n) is 9.29. The van der Waals surface area contributed by atoms with Crippen LogP contribution in [0.15, 0.2) is 70.7 Å². The Morgan fingerprint density at radius 1 is 0.939 bits per heavy atom. The first-order chi connectivity index (χ1) is 15.7. The third-order valence-corrected chi connectivity index (χ3v) is 6.07. The van der Waals surface area contributed by atoms with E-state index in [1.165, 1.54) is 50.8 Å². The number of nitrogens with zero attached hydrogens (tertiary/aromatic N) is 1. The zero-order chi connectivity index (χ0) is 24.0. The fraction of sp³-hybridized carbons (Fsp3) is 0.0909. The van der Waals surface area contributed by atoms with Gasteiger partial charge in [0.1, 0.15) is 4.90 Å². The van der Waals surface area contributed by atoms with E-state index in [4.69, 9.17) is 36.9 Å². The highest BCUT2D eigenvalue weighted by Gasteiger charge is 2.20. The van der Waals surface area contributed by atoms with Crippen molar-refractivity contribution in [3.8, 4) is 17.2 Å². The fourth-order valence-electron chi connectivity index (χ4n) is 2.69. The van der Waals surface area contributed by atoms with Gasteiger partial charge >= 0.3 is 10.1 Å². The molecule has 0 atom stereocenters. The van der Waals surface area contributed by atoms with Crippen LogP contribution in [0, 0.1) is 0 Å². The van der Waals surface area contributed by atoms with Gasteiger partial charge in [0.25, 0.3) is 5.91 Å². The molecule has 0 aromatic heterocycles. The van der Waals surface area contributed by atoms with Crippen molar-refractivity contribution in [1.82, 2.24) is 5.43 Å². The molecule has 33 heavy (non-hydrogen) atoms. The van der Waals surface area contributed by atoms with Crippen LogP contribution in [-0.2, 0) is 10.1 Å². The molecule has 0 bridgehead atoms. The molecule has 3 rings (SSSR count). The first kappa shape index (κ1) is 24.4. The number of carbonyl (C=O) groups excluding carboxylic acids is 1. The summed E-state index contributed by atoms with van der Waals surface area (Å²) in [6.45, 7) is 0. The van der Waals surface area contributed by atoms with Gasteiger partial charge in [0, 0.05) is 5.56 Å². The molecule has 8 nitrogen and oxygen atoms in total. The van der Waals surface area contributed by atoms with Crippen LogP contribution >= 0.6 is 23.2 Å². The summed E-state index contributed by atoms with van der Waals surface area (Å²) in [4.78, 5) is 12.3. The summed E-state index contributed by atoms with van der Waals surface area (Å²) in [5.41, 5.74) is 3.08. The summed E-state index contributed by atoms with van der Waals surface area (Å²) in [7, 11) is -1.17. The average molecular weight is 509 g/mol. The smallest absolute Gasteiger partial charge is 0.339 e. The second-order valence-corrected chi connectivity index (χ2v) is 8.79. The number of benzene rings is 3. The van der Waals surface area contributed by atoms with Crippen molar-refractivity contribution >= 4 is 45.4 Å². The quantitative estimate of drug-likeness (QED) is 0.272. The van der Waals surface area contributed by atoms with Crippen LogP contribution in [0.5, 0.6) is 17.2 Å². The number of hydrazone groups is 1. The van der Waals surface area contributed by atoms with Crippen LogP contribution in [0.2, 0.25) is 10.0 Å². The van der Waals surface area contributed by atoms with Crippen molar-refractivity contribution in [3.63, 3.8) is 0 Å². The molecule has 0 spiro atoms. The van der Waals surface area contributed by atoms with Crippen molar-refractivity contribution in [2.75, 3.05) is 14.2 Å². The Morgan fingerprint density at radius 2 is 1.58 bits per heavy atom. The van der Waals surface area contributed by atoms with Crippen LogP contribution in [0.25, 0.3) is 0 Å². The number of methoxy groups -OCH3 is 2. The third kappa shape index (κ3) is 5.95. The van der Waals surface area contributed by atoms with Gasteiger partial charge in [0.05, 0.1) is 30.5 Å². The zero-order valence-electron chi connectivity index (χ0n) is 17.4. The Kier molecular flexibility index (Phi) is 7.80. The predicted molar refractivity (Wildman–Crippen MR) is 125 cm³/mol. The molecule has 0 aliphatic heterocycles. The molecule has 0 aliphatic carbocycles. The lowest BCUT2D eigenvalue weighted by molar-refractivity contribution is 0.0954. The topological polar surface area (TPSA) is 103 Å². The molecule has 1 amide bonds. The van der Waals surface area contributed by atoms with E-state index in [-0.39, 0.29) is 20.7 Å². The van der Waals surface area contributed by atoms with Gasteiger partial charge in [-0.15, -0.1) is 0 Å². The second-order valence-electron chi connectivity index (χ2n) is 6.43. The van der Waals surface area contributed by atoms with E-state index in [0.717, 1.165) is 0 Å². The van der Waals surface area contributed by atoms with Gasteiger partial charge in [-0.05, 0) is 48.0 Å². The lowest BCUT2D eigenvalue weighted by atomic mass is 10.2. The Hall–Kier alpha value is -3.27. The summed E-state index contributed by atoms with van der Waals surface area (Å²) in [5, 5.41) is 3.78. The second kappa shape index (κ2) is 10.6. The highest BCUT2D eigenvalue weighted by molar-refractivity contribution is 7.87. The highest BCUT2D eigenvalue weighted by Crippen LogP contribution is 2.36. The Labute approximate surface area is 200 Å². The van der Waals surface area contributed by atoms with Gasteiger partial charge in [0.2, 0.25) is 0 Å². The number of halogens is 2. The molecule has 3 aromatic rings. The van der Waals surface area contributed by atoms with Crippen molar-refractivity contribution in [2.45, 2.75) is 4.90 Å². The number of hydrogen-bond donors (Lipinski definition) is 1. The fourth-order valence-corrected chi connectivity index (χ4v) is 4.34. The van der Waals surface area contributed by atoms with Gasteiger partial charge in [-0.2, -0.15) is 13.5 Å². The van der Waals surface area contributed by atoms with Crippen LogP contribution in [-0.4, -0.2) is 34.8 Å². The Bertz CT molecular complexity index is 1270. The predicted octanol–water partition coefficient (Wildman–Crippen LogP) is 4.54. The molecule has 0 heterocycles. The van der Waals surface area contributed by atoms with Gasteiger partial charge < -0.3 is 13.7 Å². The van der Waals surface area contributed by atoms with E-state index in [2.05, 4.69) is 10.5 Å². The van der Waals surface area contributed by atoms with E-state index in [1.54, 1.807) is 30.3 Å². The van der Waals surface area contributed by atoms with Crippen molar-refractivity contribution in [1.29, 1.82) is 0 Å². The van der Waals surface area contributed by atoms with Gasteiger partial charge in [-0.1, -0.05) is 41.4 Å². The SMILES string of the molecule is COc1ccc(C(=O)N/N=C/c2cc(Cl)c(OS(=O)(=O)c3ccccc3)c(Cl)c2)cc1OC. The molecule has 0 aliphatic rings. The van der Waals surface area contributed by atoms with Crippen molar-refractivity contribution in [2.24, 2.45) is 5.10 Å². The molecule has 11 heteroatoms. The number of rotatable bonds is 8. The molecule has 172 valence electrons. The zero-order valence-corrected chi connectivity index (χ0v) is 19.7. The standard InChI is InChI=1S/C22H18Cl2N2O6S/c1-30-19-9-8-15(12-20(19)31-2)22(27)26-25-13-14-10-17(23)21(18(24)11-14)32-33(28,29)16-6-4-3-5-7-16/h3-13H,1-2H3,(H,26,27)/b25-13+. The van der Waals surface area contributed by atoms with Gasteiger partial charge in [-0.25, -0.2) is 5.43 Å². The van der Waals surface area contributed by atoms with Gasteiger partial charge in [0.15, 0.2) is 17.2 Å². The monoisotopic (exact) mass is 508 g/mol. The largest absolute Gasteiger partial charge is 0.493 e. The molecule has 0 saturated carbocycles. The molecular weight excluding hydrogens is 491 g/mol. The minimum atomic E-state index is -4.12. The lowest BCUT2D eigenvalue weighted by Gasteiger charge is -2.11. The maximum Gasteiger partial charge on any atom is 0.339 e. The number of carbonyl (C=O) groups is 1. The summed E-state index contributed by atoms with van der Waals surface area (Å²) < 4.78 is 40.3. The molecule has 0 unspecified atom stereocenters. The van der Waals surface area contributed by atoms with Crippen LogP contribution in [0.1, 0.15) is 15.9 Å². The summed E-state index contributed by atoms with van der Waals surface area (Å²) in [6, 6.07) is 15.0.